The number of nitrogens with one attached hydrogen (secondary N) is 1. The normalized spacial score (nSPS) is 11.6. The van der Waals surface area contributed by atoms with Gasteiger partial charge in [0.25, 0.3) is 0 Å². The molecule has 3 N–H and O–H groups in total. The van der Waals surface area contributed by atoms with Gasteiger partial charge < -0.3 is 5.32 Å². The third-order valence-corrected chi connectivity index (χ3v) is 4.24. The maximum Gasteiger partial charge on any atom is 0.240 e. The number of rotatable bonds is 2. The Kier molecular flexibility index (Phi) is 3.30. The Balaban J connectivity index is 3.87. The summed E-state index contributed by atoms with van der Waals surface area (Å²) in [5.74, 6) is 0. The molecular formula is C11H18N2O2S. The van der Waals surface area contributed by atoms with Crippen LogP contribution in [0.15, 0.2) is 4.90 Å². The van der Waals surface area contributed by atoms with Crippen LogP contribution in [0.2, 0.25) is 0 Å². The number of primary sulfonamides is 1. The molecule has 1 rings (SSSR count). The fraction of sp³-hybridized carbons (Fsp3) is 0.455. The zero-order chi connectivity index (χ0) is 12.7. The summed E-state index contributed by atoms with van der Waals surface area (Å²) >= 11 is 0. The van der Waals surface area contributed by atoms with Crippen LogP contribution >= 0.6 is 0 Å². The third-order valence-electron chi connectivity index (χ3n) is 3.16. The van der Waals surface area contributed by atoms with E-state index in [4.69, 9.17) is 5.14 Å². The second kappa shape index (κ2) is 4.07. The van der Waals surface area contributed by atoms with Crippen molar-refractivity contribution in [3.8, 4) is 0 Å². The highest BCUT2D eigenvalue weighted by molar-refractivity contribution is 7.89. The second-order valence-electron chi connectivity index (χ2n) is 4.00. The molecule has 0 aromatic heterocycles. The fourth-order valence-corrected chi connectivity index (χ4v) is 3.05. The molecule has 1 aromatic carbocycles. The molecular weight excluding hydrogens is 224 g/mol. The monoisotopic (exact) mass is 242 g/mol. The first-order valence-corrected chi connectivity index (χ1v) is 6.57. The van der Waals surface area contributed by atoms with Crippen molar-refractivity contribution >= 4 is 15.7 Å². The molecule has 0 saturated heterocycles. The van der Waals surface area contributed by atoms with Crippen LogP contribution in [0.3, 0.4) is 0 Å². The molecule has 0 aliphatic heterocycles. The number of hydrogen-bond acceptors (Lipinski definition) is 3. The molecule has 0 aliphatic carbocycles. The molecule has 4 nitrogen and oxygen atoms in total. The fourth-order valence-electron chi connectivity index (χ4n) is 1.93. The van der Waals surface area contributed by atoms with Crippen molar-refractivity contribution in [1.29, 1.82) is 0 Å². The van der Waals surface area contributed by atoms with Crippen LogP contribution in [-0.2, 0) is 10.0 Å². The van der Waals surface area contributed by atoms with E-state index in [0.717, 1.165) is 22.3 Å². The summed E-state index contributed by atoms with van der Waals surface area (Å²) < 4.78 is 23.2. The molecule has 0 saturated carbocycles. The van der Waals surface area contributed by atoms with Crippen LogP contribution in [0.4, 0.5) is 5.69 Å². The van der Waals surface area contributed by atoms with E-state index in [1.165, 1.54) is 0 Å². The molecule has 0 spiro atoms. The highest BCUT2D eigenvalue weighted by Gasteiger charge is 2.21. The molecule has 0 radical (unpaired) electrons. The van der Waals surface area contributed by atoms with E-state index in [9.17, 15) is 8.42 Å². The van der Waals surface area contributed by atoms with Crippen molar-refractivity contribution in [2.24, 2.45) is 5.14 Å². The Bertz CT molecular complexity index is 534. The summed E-state index contributed by atoms with van der Waals surface area (Å²) in [7, 11) is -2.00. The minimum atomic E-state index is -3.70. The van der Waals surface area contributed by atoms with E-state index in [0.29, 0.717) is 5.69 Å². The van der Waals surface area contributed by atoms with E-state index in [1.54, 1.807) is 14.0 Å². The average Bonchev–Trinajstić information content (AvgIpc) is 2.18. The van der Waals surface area contributed by atoms with E-state index in [-0.39, 0.29) is 4.90 Å². The van der Waals surface area contributed by atoms with Gasteiger partial charge in [0, 0.05) is 7.05 Å². The number of hydrogen-bond donors (Lipinski definition) is 2. The lowest BCUT2D eigenvalue weighted by atomic mass is 9.97. The number of anilines is 1. The highest BCUT2D eigenvalue weighted by atomic mass is 32.2. The van der Waals surface area contributed by atoms with Crippen molar-refractivity contribution < 1.29 is 8.42 Å². The highest BCUT2D eigenvalue weighted by Crippen LogP contribution is 2.32. The van der Waals surface area contributed by atoms with E-state index >= 15 is 0 Å². The third kappa shape index (κ3) is 1.92. The van der Waals surface area contributed by atoms with Gasteiger partial charge in [0.1, 0.15) is 4.90 Å². The summed E-state index contributed by atoms with van der Waals surface area (Å²) in [4.78, 5) is 0.204. The van der Waals surface area contributed by atoms with Crippen LogP contribution in [0, 0.1) is 27.7 Å². The van der Waals surface area contributed by atoms with Crippen LogP contribution in [0.25, 0.3) is 0 Å². The van der Waals surface area contributed by atoms with Crippen LogP contribution in [0.5, 0.6) is 0 Å². The van der Waals surface area contributed by atoms with E-state index in [2.05, 4.69) is 5.32 Å². The predicted octanol–water partition coefficient (Wildman–Crippen LogP) is 1.61. The molecule has 0 amide bonds. The standard InChI is InChI=1S/C11H18N2O2S/c1-6-7(2)9(4)11(16(12,14)15)10(13-5)8(6)3/h13H,1-5H3,(H2,12,14,15). The van der Waals surface area contributed by atoms with Crippen molar-refractivity contribution in [2.45, 2.75) is 32.6 Å². The largest absolute Gasteiger partial charge is 0.387 e. The predicted molar refractivity (Wildman–Crippen MR) is 66.3 cm³/mol. The SMILES string of the molecule is CNc1c(C)c(C)c(C)c(C)c1S(N)(=O)=O. The molecule has 0 heterocycles. The summed E-state index contributed by atoms with van der Waals surface area (Å²) in [6.45, 7) is 7.56. The number of benzene rings is 1. The quantitative estimate of drug-likeness (QED) is 0.827. The Morgan fingerprint density at radius 2 is 1.38 bits per heavy atom. The van der Waals surface area contributed by atoms with E-state index < -0.39 is 10.0 Å². The lowest BCUT2D eigenvalue weighted by molar-refractivity contribution is 0.597. The van der Waals surface area contributed by atoms with Crippen molar-refractivity contribution in [3.63, 3.8) is 0 Å². The summed E-state index contributed by atoms with van der Waals surface area (Å²) in [6.07, 6.45) is 0. The van der Waals surface area contributed by atoms with Crippen LogP contribution < -0.4 is 10.5 Å². The minimum Gasteiger partial charge on any atom is -0.387 e. The molecule has 0 bridgehead atoms. The first-order valence-electron chi connectivity index (χ1n) is 5.02. The lowest BCUT2D eigenvalue weighted by Crippen LogP contribution is -2.18. The molecule has 16 heavy (non-hydrogen) atoms. The Morgan fingerprint density at radius 3 is 1.75 bits per heavy atom. The first kappa shape index (κ1) is 13.0. The van der Waals surface area contributed by atoms with Gasteiger partial charge in [0.05, 0.1) is 5.69 Å². The van der Waals surface area contributed by atoms with Gasteiger partial charge in [-0.05, 0) is 49.9 Å². The zero-order valence-electron chi connectivity index (χ0n) is 10.3. The van der Waals surface area contributed by atoms with Crippen LogP contribution in [0.1, 0.15) is 22.3 Å². The van der Waals surface area contributed by atoms with Gasteiger partial charge in [0.15, 0.2) is 0 Å². The molecule has 0 fully saturated rings. The Morgan fingerprint density at radius 1 is 0.938 bits per heavy atom. The van der Waals surface area contributed by atoms with Crippen molar-refractivity contribution in [3.05, 3.63) is 22.3 Å². The van der Waals surface area contributed by atoms with Gasteiger partial charge in [-0.3, -0.25) is 0 Å². The van der Waals surface area contributed by atoms with Gasteiger partial charge in [-0.1, -0.05) is 0 Å². The van der Waals surface area contributed by atoms with Gasteiger partial charge in [-0.25, -0.2) is 13.6 Å². The molecule has 0 aliphatic rings. The smallest absolute Gasteiger partial charge is 0.240 e. The number of sulfonamides is 1. The average molecular weight is 242 g/mol. The van der Waals surface area contributed by atoms with Gasteiger partial charge in [0.2, 0.25) is 10.0 Å². The van der Waals surface area contributed by atoms with Gasteiger partial charge in [-0.2, -0.15) is 0 Å². The summed E-state index contributed by atoms with van der Waals surface area (Å²) in [5.41, 5.74) is 4.31. The first-order chi connectivity index (χ1) is 7.21. The summed E-state index contributed by atoms with van der Waals surface area (Å²) in [6, 6.07) is 0. The molecule has 5 heteroatoms. The second-order valence-corrected chi connectivity index (χ2v) is 5.50. The van der Waals surface area contributed by atoms with Crippen molar-refractivity contribution in [1.82, 2.24) is 0 Å². The Labute approximate surface area is 96.9 Å². The maximum atomic E-state index is 11.6. The molecule has 0 unspecified atom stereocenters. The van der Waals surface area contributed by atoms with Crippen LogP contribution in [-0.4, -0.2) is 15.5 Å². The molecule has 1 aromatic rings. The van der Waals surface area contributed by atoms with Gasteiger partial charge >= 0.3 is 0 Å². The van der Waals surface area contributed by atoms with E-state index in [1.807, 2.05) is 20.8 Å². The topological polar surface area (TPSA) is 72.2 Å². The number of nitrogens with two attached hydrogens (primary N) is 1. The minimum absolute atomic E-state index is 0.204. The molecule has 90 valence electrons. The zero-order valence-corrected chi connectivity index (χ0v) is 11.1. The molecule has 0 atom stereocenters. The Hall–Kier alpha value is -1.07. The summed E-state index contributed by atoms with van der Waals surface area (Å²) in [5, 5.41) is 8.17. The maximum absolute atomic E-state index is 11.6. The van der Waals surface area contributed by atoms with Gasteiger partial charge in [-0.15, -0.1) is 0 Å². The lowest BCUT2D eigenvalue weighted by Gasteiger charge is -2.18. The van der Waals surface area contributed by atoms with Crippen molar-refractivity contribution in [2.75, 3.05) is 12.4 Å².